The summed E-state index contributed by atoms with van der Waals surface area (Å²) in [5.41, 5.74) is 8.22. The van der Waals surface area contributed by atoms with Crippen LogP contribution in [0.25, 0.3) is 0 Å². The first-order valence-corrected chi connectivity index (χ1v) is 8.30. The fourth-order valence-corrected chi connectivity index (χ4v) is 2.68. The highest BCUT2D eigenvalue weighted by molar-refractivity contribution is 5.81. The van der Waals surface area contributed by atoms with Gasteiger partial charge in [0.05, 0.1) is 20.3 Å². The molecule has 0 aliphatic heterocycles. The Balaban J connectivity index is 1.90. The summed E-state index contributed by atoms with van der Waals surface area (Å²) in [6, 6.07) is 15.1. The van der Waals surface area contributed by atoms with E-state index in [-0.39, 0.29) is 5.91 Å². The number of benzene rings is 2. The van der Waals surface area contributed by atoms with E-state index in [0.29, 0.717) is 24.5 Å². The number of amides is 1. The number of ether oxygens (including phenoxy) is 2. The van der Waals surface area contributed by atoms with Crippen LogP contribution < -0.4 is 15.2 Å². The van der Waals surface area contributed by atoms with Crippen molar-refractivity contribution < 1.29 is 14.3 Å². The van der Waals surface area contributed by atoms with Crippen molar-refractivity contribution >= 4 is 5.91 Å². The van der Waals surface area contributed by atoms with Gasteiger partial charge in [0.1, 0.15) is 0 Å². The van der Waals surface area contributed by atoms with E-state index in [1.54, 1.807) is 26.2 Å². The SMILES string of the molecule is COc1ccc(CCN(C)C(=O)[C@@H](N)Cc2ccccc2)cc1OC. The Kier molecular flexibility index (Phi) is 6.83. The molecule has 0 heterocycles. The Bertz CT molecular complexity index is 689. The lowest BCUT2D eigenvalue weighted by molar-refractivity contribution is -0.131. The standard InChI is InChI=1S/C20H26N2O3/c1-22(20(23)17(21)13-15-7-5-4-6-8-15)12-11-16-9-10-18(24-2)19(14-16)25-3/h4-10,14,17H,11-13,21H2,1-3H3/t17-/m0/s1. The number of hydrogen-bond donors (Lipinski definition) is 1. The molecule has 2 N–H and O–H groups in total. The van der Waals surface area contributed by atoms with Crippen molar-refractivity contribution in [2.24, 2.45) is 5.73 Å². The molecule has 0 bridgehead atoms. The predicted molar refractivity (Wildman–Crippen MR) is 99.0 cm³/mol. The topological polar surface area (TPSA) is 64.8 Å². The Labute approximate surface area is 149 Å². The Morgan fingerprint density at radius 2 is 1.72 bits per heavy atom. The van der Waals surface area contributed by atoms with Crippen LogP contribution in [0.3, 0.4) is 0 Å². The molecular formula is C20H26N2O3. The van der Waals surface area contributed by atoms with Gasteiger partial charge in [-0.3, -0.25) is 4.79 Å². The van der Waals surface area contributed by atoms with E-state index in [9.17, 15) is 4.79 Å². The summed E-state index contributed by atoms with van der Waals surface area (Å²) in [4.78, 5) is 14.1. The highest BCUT2D eigenvalue weighted by Crippen LogP contribution is 2.27. The van der Waals surface area contributed by atoms with Crippen LogP contribution in [0.15, 0.2) is 48.5 Å². The molecule has 0 aliphatic rings. The van der Waals surface area contributed by atoms with Crippen molar-refractivity contribution in [1.82, 2.24) is 4.90 Å². The van der Waals surface area contributed by atoms with Crippen LogP contribution in [-0.4, -0.2) is 44.7 Å². The molecule has 1 atom stereocenters. The Morgan fingerprint density at radius 3 is 2.36 bits per heavy atom. The first-order chi connectivity index (χ1) is 12.0. The minimum atomic E-state index is -0.530. The molecule has 0 saturated heterocycles. The largest absolute Gasteiger partial charge is 0.493 e. The van der Waals surface area contributed by atoms with E-state index in [1.807, 2.05) is 48.5 Å². The van der Waals surface area contributed by atoms with Crippen LogP contribution >= 0.6 is 0 Å². The molecule has 5 nitrogen and oxygen atoms in total. The molecule has 1 amide bonds. The smallest absolute Gasteiger partial charge is 0.239 e. The van der Waals surface area contributed by atoms with Crippen molar-refractivity contribution in [3.05, 3.63) is 59.7 Å². The molecule has 2 rings (SSSR count). The normalized spacial score (nSPS) is 11.7. The predicted octanol–water partition coefficient (Wildman–Crippen LogP) is 2.27. The van der Waals surface area contributed by atoms with E-state index in [2.05, 4.69) is 0 Å². The van der Waals surface area contributed by atoms with Crippen LogP contribution in [0.4, 0.5) is 0 Å². The number of hydrogen-bond acceptors (Lipinski definition) is 4. The van der Waals surface area contributed by atoms with Gasteiger partial charge in [-0.15, -0.1) is 0 Å². The van der Waals surface area contributed by atoms with Gasteiger partial charge in [-0.1, -0.05) is 36.4 Å². The van der Waals surface area contributed by atoms with E-state index < -0.39 is 6.04 Å². The van der Waals surface area contributed by atoms with Gasteiger partial charge in [-0.25, -0.2) is 0 Å². The van der Waals surface area contributed by atoms with Crippen LogP contribution in [0.5, 0.6) is 11.5 Å². The van der Waals surface area contributed by atoms with Crippen molar-refractivity contribution in [1.29, 1.82) is 0 Å². The first kappa shape index (κ1) is 18.8. The third-order valence-electron chi connectivity index (χ3n) is 4.18. The van der Waals surface area contributed by atoms with E-state index >= 15 is 0 Å². The number of carbonyl (C=O) groups is 1. The van der Waals surface area contributed by atoms with Gasteiger partial charge < -0.3 is 20.1 Å². The number of nitrogens with two attached hydrogens (primary N) is 1. The van der Waals surface area contributed by atoms with Crippen molar-refractivity contribution in [2.45, 2.75) is 18.9 Å². The average molecular weight is 342 g/mol. The quantitative estimate of drug-likeness (QED) is 0.799. The van der Waals surface area contributed by atoms with E-state index in [0.717, 1.165) is 17.5 Å². The maximum Gasteiger partial charge on any atom is 0.239 e. The number of likely N-dealkylation sites (N-methyl/N-ethyl adjacent to an activating group) is 1. The molecule has 0 saturated carbocycles. The first-order valence-electron chi connectivity index (χ1n) is 8.30. The highest BCUT2D eigenvalue weighted by atomic mass is 16.5. The lowest BCUT2D eigenvalue weighted by atomic mass is 10.1. The van der Waals surface area contributed by atoms with Gasteiger partial charge >= 0.3 is 0 Å². The monoisotopic (exact) mass is 342 g/mol. The minimum absolute atomic E-state index is 0.0515. The summed E-state index contributed by atoms with van der Waals surface area (Å²) in [5, 5.41) is 0. The van der Waals surface area contributed by atoms with Gasteiger partial charge in [0.25, 0.3) is 0 Å². The average Bonchev–Trinajstić information content (AvgIpc) is 2.65. The molecule has 0 aromatic heterocycles. The van der Waals surface area contributed by atoms with E-state index in [1.165, 1.54) is 0 Å². The summed E-state index contributed by atoms with van der Waals surface area (Å²) in [5.74, 6) is 1.33. The summed E-state index contributed by atoms with van der Waals surface area (Å²) < 4.78 is 10.5. The molecule has 5 heteroatoms. The number of carbonyl (C=O) groups excluding carboxylic acids is 1. The zero-order chi connectivity index (χ0) is 18.2. The molecular weight excluding hydrogens is 316 g/mol. The molecule has 0 aliphatic carbocycles. The van der Waals surface area contributed by atoms with Gasteiger partial charge in [0.2, 0.25) is 5.91 Å². The summed E-state index contributed by atoms with van der Waals surface area (Å²) in [7, 11) is 5.01. The van der Waals surface area contributed by atoms with E-state index in [4.69, 9.17) is 15.2 Å². The fourth-order valence-electron chi connectivity index (χ4n) is 2.68. The number of methoxy groups -OCH3 is 2. The number of rotatable bonds is 8. The zero-order valence-corrected chi connectivity index (χ0v) is 15.1. The second-order valence-corrected chi connectivity index (χ2v) is 6.00. The molecule has 0 fully saturated rings. The second-order valence-electron chi connectivity index (χ2n) is 6.00. The molecule has 2 aromatic rings. The van der Waals surface area contributed by atoms with Crippen LogP contribution in [0.2, 0.25) is 0 Å². The Hall–Kier alpha value is -2.53. The molecule has 0 spiro atoms. The van der Waals surface area contributed by atoms with Gasteiger partial charge in [-0.2, -0.15) is 0 Å². The molecule has 0 unspecified atom stereocenters. The lowest BCUT2D eigenvalue weighted by Crippen LogP contribution is -2.43. The van der Waals surface area contributed by atoms with Crippen LogP contribution in [-0.2, 0) is 17.6 Å². The maximum absolute atomic E-state index is 12.4. The molecule has 2 aromatic carbocycles. The van der Waals surface area contributed by atoms with Crippen molar-refractivity contribution in [2.75, 3.05) is 27.8 Å². The van der Waals surface area contributed by atoms with Crippen LogP contribution in [0, 0.1) is 0 Å². The molecule has 25 heavy (non-hydrogen) atoms. The minimum Gasteiger partial charge on any atom is -0.493 e. The van der Waals surface area contributed by atoms with Crippen LogP contribution in [0.1, 0.15) is 11.1 Å². The molecule has 134 valence electrons. The zero-order valence-electron chi connectivity index (χ0n) is 15.1. The van der Waals surface area contributed by atoms with Gasteiger partial charge in [0, 0.05) is 13.6 Å². The number of nitrogens with zero attached hydrogens (tertiary/aromatic N) is 1. The maximum atomic E-state index is 12.4. The lowest BCUT2D eigenvalue weighted by Gasteiger charge is -2.21. The summed E-state index contributed by atoms with van der Waals surface area (Å²) >= 11 is 0. The highest BCUT2D eigenvalue weighted by Gasteiger charge is 2.18. The third kappa shape index (κ3) is 5.22. The summed E-state index contributed by atoms with van der Waals surface area (Å²) in [6.07, 6.45) is 1.26. The van der Waals surface area contributed by atoms with Crippen molar-refractivity contribution in [3.8, 4) is 11.5 Å². The summed E-state index contributed by atoms with van der Waals surface area (Å²) in [6.45, 7) is 0.594. The Morgan fingerprint density at radius 1 is 1.04 bits per heavy atom. The van der Waals surface area contributed by atoms with Crippen molar-refractivity contribution in [3.63, 3.8) is 0 Å². The molecule has 0 radical (unpaired) electrons. The fraction of sp³-hybridized carbons (Fsp3) is 0.350. The second kappa shape index (κ2) is 9.08. The van der Waals surface area contributed by atoms with Gasteiger partial charge in [-0.05, 0) is 36.1 Å². The van der Waals surface area contributed by atoms with Gasteiger partial charge in [0.15, 0.2) is 11.5 Å². The third-order valence-corrected chi connectivity index (χ3v) is 4.18.